The van der Waals surface area contributed by atoms with Gasteiger partial charge in [0.1, 0.15) is 5.82 Å². The second-order valence-corrected chi connectivity index (χ2v) is 4.28. The minimum absolute atomic E-state index is 0.417. The summed E-state index contributed by atoms with van der Waals surface area (Å²) < 4.78 is 5.29. The molecule has 0 fully saturated rings. The number of aromatic nitrogens is 4. The second-order valence-electron chi connectivity index (χ2n) is 4.28. The van der Waals surface area contributed by atoms with Crippen molar-refractivity contribution >= 4 is 5.82 Å². The third-order valence-corrected chi connectivity index (χ3v) is 2.98. The third kappa shape index (κ3) is 2.23. The van der Waals surface area contributed by atoms with E-state index in [4.69, 9.17) is 10.3 Å². The van der Waals surface area contributed by atoms with Crippen molar-refractivity contribution in [1.82, 2.24) is 20.1 Å². The molecule has 3 aromatic rings. The van der Waals surface area contributed by atoms with E-state index in [2.05, 4.69) is 27.0 Å². The highest BCUT2D eigenvalue weighted by Crippen LogP contribution is 2.24. The van der Waals surface area contributed by atoms with Crippen LogP contribution in [0.1, 0.15) is 12.5 Å². The molecule has 2 N–H and O–H groups in total. The van der Waals surface area contributed by atoms with Crippen LogP contribution < -0.4 is 5.73 Å². The highest BCUT2D eigenvalue weighted by molar-refractivity contribution is 5.63. The van der Waals surface area contributed by atoms with Crippen molar-refractivity contribution in [2.24, 2.45) is 0 Å². The van der Waals surface area contributed by atoms with Gasteiger partial charge in [0, 0.05) is 29.7 Å². The fraction of sp³-hybridized carbons (Fsp3) is 0.143. The molecule has 20 heavy (non-hydrogen) atoms. The van der Waals surface area contributed by atoms with Crippen LogP contribution in [0.15, 0.2) is 41.3 Å². The molecule has 3 rings (SSSR count). The standard InChI is InChI=1S/C14H13N5O/c1-2-9-8-16-5-4-11(9)13-18-14(20-19-13)10-3-6-17-12(15)7-10/h3-8H,2H2,1H3,(H2,15,17). The molecule has 0 atom stereocenters. The number of nitrogens with zero attached hydrogens (tertiary/aromatic N) is 4. The van der Waals surface area contributed by atoms with Crippen molar-refractivity contribution < 1.29 is 4.52 Å². The van der Waals surface area contributed by atoms with Gasteiger partial charge in [-0.2, -0.15) is 4.98 Å². The number of nitrogen functional groups attached to an aromatic ring is 1. The molecule has 0 aromatic carbocycles. The van der Waals surface area contributed by atoms with E-state index in [0.29, 0.717) is 17.5 Å². The zero-order valence-corrected chi connectivity index (χ0v) is 10.9. The van der Waals surface area contributed by atoms with Gasteiger partial charge in [-0.3, -0.25) is 4.98 Å². The number of aryl methyl sites for hydroxylation is 1. The van der Waals surface area contributed by atoms with E-state index in [1.807, 2.05) is 12.3 Å². The quantitative estimate of drug-likeness (QED) is 0.783. The molecule has 0 aliphatic rings. The lowest BCUT2D eigenvalue weighted by Gasteiger charge is -2.00. The molecular formula is C14H13N5O. The molecule has 0 unspecified atom stereocenters. The minimum atomic E-state index is 0.417. The van der Waals surface area contributed by atoms with Crippen molar-refractivity contribution in [3.63, 3.8) is 0 Å². The molecule has 0 saturated carbocycles. The van der Waals surface area contributed by atoms with Crippen LogP contribution in [0.25, 0.3) is 22.8 Å². The van der Waals surface area contributed by atoms with Gasteiger partial charge >= 0.3 is 0 Å². The van der Waals surface area contributed by atoms with E-state index in [0.717, 1.165) is 23.1 Å². The molecular weight excluding hydrogens is 254 g/mol. The molecule has 6 heteroatoms. The summed E-state index contributed by atoms with van der Waals surface area (Å²) in [5.41, 5.74) is 8.41. The topological polar surface area (TPSA) is 90.7 Å². The number of nitrogens with two attached hydrogens (primary N) is 1. The Balaban J connectivity index is 2.02. The average molecular weight is 267 g/mol. The van der Waals surface area contributed by atoms with Crippen molar-refractivity contribution in [3.05, 3.63) is 42.4 Å². The number of anilines is 1. The number of hydrogen-bond donors (Lipinski definition) is 1. The van der Waals surface area contributed by atoms with Crippen LogP contribution in [0, 0.1) is 0 Å². The van der Waals surface area contributed by atoms with Crippen LogP contribution in [-0.2, 0) is 6.42 Å². The highest BCUT2D eigenvalue weighted by Gasteiger charge is 2.13. The van der Waals surface area contributed by atoms with Gasteiger partial charge in [-0.15, -0.1) is 0 Å². The molecule has 0 spiro atoms. The van der Waals surface area contributed by atoms with Gasteiger partial charge in [0.05, 0.1) is 0 Å². The second kappa shape index (κ2) is 5.08. The number of pyridine rings is 2. The molecule has 3 aromatic heterocycles. The minimum Gasteiger partial charge on any atom is -0.384 e. The first-order chi connectivity index (χ1) is 9.78. The maximum Gasteiger partial charge on any atom is 0.258 e. The Morgan fingerprint density at radius 1 is 1.25 bits per heavy atom. The Hall–Kier alpha value is -2.76. The molecule has 3 heterocycles. The summed E-state index contributed by atoms with van der Waals surface area (Å²) in [5, 5.41) is 4.03. The van der Waals surface area contributed by atoms with Crippen LogP contribution in [0.2, 0.25) is 0 Å². The Labute approximate surface area is 115 Å². The van der Waals surface area contributed by atoms with E-state index in [-0.39, 0.29) is 0 Å². The predicted molar refractivity (Wildman–Crippen MR) is 74.6 cm³/mol. The largest absolute Gasteiger partial charge is 0.384 e. The van der Waals surface area contributed by atoms with Crippen LogP contribution >= 0.6 is 0 Å². The molecule has 100 valence electrons. The number of rotatable bonds is 3. The van der Waals surface area contributed by atoms with E-state index in [9.17, 15) is 0 Å². The van der Waals surface area contributed by atoms with Crippen molar-refractivity contribution in [1.29, 1.82) is 0 Å². The van der Waals surface area contributed by atoms with Gasteiger partial charge in [0.2, 0.25) is 5.82 Å². The predicted octanol–water partition coefficient (Wildman–Crippen LogP) is 2.34. The first kappa shape index (κ1) is 12.3. The zero-order chi connectivity index (χ0) is 13.9. The van der Waals surface area contributed by atoms with Gasteiger partial charge in [-0.05, 0) is 30.2 Å². The summed E-state index contributed by atoms with van der Waals surface area (Å²) in [4.78, 5) is 12.5. The van der Waals surface area contributed by atoms with Crippen molar-refractivity contribution in [3.8, 4) is 22.8 Å². The molecule has 0 bridgehead atoms. The third-order valence-electron chi connectivity index (χ3n) is 2.98. The molecule has 0 aliphatic carbocycles. The van der Waals surface area contributed by atoms with Crippen LogP contribution in [0.4, 0.5) is 5.82 Å². The average Bonchev–Trinajstić information content (AvgIpc) is 2.97. The van der Waals surface area contributed by atoms with E-state index in [1.165, 1.54) is 0 Å². The fourth-order valence-corrected chi connectivity index (χ4v) is 1.96. The summed E-state index contributed by atoms with van der Waals surface area (Å²) in [6.45, 7) is 2.06. The lowest BCUT2D eigenvalue weighted by Crippen LogP contribution is -1.91. The maximum absolute atomic E-state index is 5.65. The highest BCUT2D eigenvalue weighted by atomic mass is 16.5. The smallest absolute Gasteiger partial charge is 0.258 e. The van der Waals surface area contributed by atoms with Gasteiger partial charge in [-0.25, -0.2) is 4.98 Å². The van der Waals surface area contributed by atoms with Gasteiger partial charge in [0.15, 0.2) is 0 Å². The fourth-order valence-electron chi connectivity index (χ4n) is 1.96. The molecule has 0 saturated heterocycles. The van der Waals surface area contributed by atoms with Gasteiger partial charge in [0.25, 0.3) is 5.89 Å². The monoisotopic (exact) mass is 267 g/mol. The Bertz CT molecular complexity index is 738. The van der Waals surface area contributed by atoms with Crippen molar-refractivity contribution in [2.45, 2.75) is 13.3 Å². The van der Waals surface area contributed by atoms with Crippen LogP contribution in [0.3, 0.4) is 0 Å². The molecule has 6 nitrogen and oxygen atoms in total. The Morgan fingerprint density at radius 2 is 2.15 bits per heavy atom. The first-order valence-electron chi connectivity index (χ1n) is 6.27. The van der Waals surface area contributed by atoms with Crippen LogP contribution in [0.5, 0.6) is 0 Å². The lowest BCUT2D eigenvalue weighted by atomic mass is 10.1. The SMILES string of the molecule is CCc1cnccc1-c1noc(-c2ccnc(N)c2)n1. The van der Waals surface area contributed by atoms with E-state index < -0.39 is 0 Å². The van der Waals surface area contributed by atoms with Crippen molar-refractivity contribution in [2.75, 3.05) is 5.73 Å². The van der Waals surface area contributed by atoms with Crippen LogP contribution in [-0.4, -0.2) is 20.1 Å². The molecule has 0 aliphatic heterocycles. The van der Waals surface area contributed by atoms with Gasteiger partial charge < -0.3 is 10.3 Å². The Kier molecular flexibility index (Phi) is 3.12. The molecule has 0 amide bonds. The summed E-state index contributed by atoms with van der Waals surface area (Å²) >= 11 is 0. The van der Waals surface area contributed by atoms with E-state index in [1.54, 1.807) is 24.5 Å². The molecule has 0 radical (unpaired) electrons. The Morgan fingerprint density at radius 3 is 2.95 bits per heavy atom. The normalized spacial score (nSPS) is 10.7. The summed E-state index contributed by atoms with van der Waals surface area (Å²) in [6, 6.07) is 5.36. The maximum atomic E-state index is 5.65. The summed E-state index contributed by atoms with van der Waals surface area (Å²) in [5.74, 6) is 1.39. The first-order valence-corrected chi connectivity index (χ1v) is 6.27. The zero-order valence-electron chi connectivity index (χ0n) is 10.9. The summed E-state index contributed by atoms with van der Waals surface area (Å²) in [6.07, 6.45) is 6.00. The summed E-state index contributed by atoms with van der Waals surface area (Å²) in [7, 11) is 0. The number of hydrogen-bond acceptors (Lipinski definition) is 6. The van der Waals surface area contributed by atoms with Gasteiger partial charge in [-0.1, -0.05) is 12.1 Å². The lowest BCUT2D eigenvalue weighted by molar-refractivity contribution is 0.432. The van der Waals surface area contributed by atoms with E-state index >= 15 is 0 Å².